The minimum atomic E-state index is 0.340. The van der Waals surface area contributed by atoms with Gasteiger partial charge in [-0.3, -0.25) is 4.79 Å². The predicted molar refractivity (Wildman–Crippen MR) is 99.7 cm³/mol. The molecule has 0 radical (unpaired) electrons. The van der Waals surface area contributed by atoms with E-state index in [0.29, 0.717) is 16.6 Å². The number of carbonyl (C=O) groups excluding carboxylic acids is 1. The summed E-state index contributed by atoms with van der Waals surface area (Å²) in [6.45, 7) is 10.0. The summed E-state index contributed by atoms with van der Waals surface area (Å²) >= 11 is 0. The van der Waals surface area contributed by atoms with Gasteiger partial charge in [-0.05, 0) is 91.4 Å². The Labute approximate surface area is 148 Å². The lowest BCUT2D eigenvalue weighted by Gasteiger charge is -2.58. The molecule has 3 saturated carbocycles. The molecule has 4 unspecified atom stereocenters. The molecule has 4 aliphatic carbocycles. The van der Waals surface area contributed by atoms with Gasteiger partial charge >= 0.3 is 0 Å². The summed E-state index contributed by atoms with van der Waals surface area (Å²) in [4.78, 5) is 11.9. The average Bonchev–Trinajstić information content (AvgIpc) is 2.92. The third-order valence-electron chi connectivity index (χ3n) is 9.37. The lowest BCUT2D eigenvalue weighted by atomic mass is 9.46. The van der Waals surface area contributed by atoms with Gasteiger partial charge in [0, 0.05) is 6.42 Å². The SMILES string of the molecule is CC[C@@H](C)C1CCC2C3CCC4=CC(=O)CC[C@]4(C)C3CC[C@@]21C. The summed E-state index contributed by atoms with van der Waals surface area (Å²) < 4.78 is 0. The molecule has 0 aromatic heterocycles. The second-order valence-electron chi connectivity index (χ2n) is 10.1. The van der Waals surface area contributed by atoms with E-state index in [2.05, 4.69) is 27.7 Å². The standard InChI is InChI=1S/C23H36O/c1-5-15(2)19-8-9-20-18-7-6-16-14-17(24)10-12-22(16,3)21(18)11-13-23(19,20)4/h14-15,18-21H,5-13H2,1-4H3/t15-,18?,19?,20?,21?,22+,23-/m1/s1. The Bertz CT molecular complexity index is 560. The molecular weight excluding hydrogens is 292 g/mol. The van der Waals surface area contributed by atoms with Crippen LogP contribution in [0.3, 0.4) is 0 Å². The molecular formula is C23H36O. The molecule has 0 heterocycles. The van der Waals surface area contributed by atoms with Crippen LogP contribution in [0.5, 0.6) is 0 Å². The van der Waals surface area contributed by atoms with Gasteiger partial charge < -0.3 is 0 Å². The van der Waals surface area contributed by atoms with Gasteiger partial charge in [-0.25, -0.2) is 0 Å². The van der Waals surface area contributed by atoms with E-state index < -0.39 is 0 Å². The van der Waals surface area contributed by atoms with E-state index in [1.807, 2.05) is 6.08 Å². The van der Waals surface area contributed by atoms with Crippen molar-refractivity contribution in [3.05, 3.63) is 11.6 Å². The number of ketones is 1. The first-order valence-electron chi connectivity index (χ1n) is 10.6. The molecule has 4 aliphatic rings. The molecule has 0 saturated heterocycles. The van der Waals surface area contributed by atoms with Crippen LogP contribution >= 0.6 is 0 Å². The maximum absolute atomic E-state index is 11.9. The summed E-state index contributed by atoms with van der Waals surface area (Å²) in [5, 5.41) is 0. The number of carbonyl (C=O) groups is 1. The zero-order chi connectivity index (χ0) is 17.1. The third-order valence-corrected chi connectivity index (χ3v) is 9.37. The average molecular weight is 329 g/mol. The monoisotopic (exact) mass is 328 g/mol. The fourth-order valence-electron chi connectivity index (χ4n) is 7.82. The molecule has 0 aromatic rings. The molecule has 0 N–H and O–H groups in total. The normalized spacial score (nSPS) is 49.0. The Morgan fingerprint density at radius 2 is 1.88 bits per heavy atom. The van der Waals surface area contributed by atoms with Gasteiger partial charge in [-0.1, -0.05) is 39.7 Å². The van der Waals surface area contributed by atoms with Crippen LogP contribution in [-0.4, -0.2) is 5.78 Å². The van der Waals surface area contributed by atoms with Gasteiger partial charge in [-0.15, -0.1) is 0 Å². The summed E-state index contributed by atoms with van der Waals surface area (Å²) in [6.07, 6.45) is 13.6. The van der Waals surface area contributed by atoms with E-state index in [-0.39, 0.29) is 0 Å². The van der Waals surface area contributed by atoms with E-state index in [4.69, 9.17) is 0 Å². The number of allylic oxidation sites excluding steroid dienone is 1. The van der Waals surface area contributed by atoms with E-state index >= 15 is 0 Å². The molecule has 4 rings (SSSR count). The van der Waals surface area contributed by atoms with Gasteiger partial charge in [0.15, 0.2) is 5.78 Å². The molecule has 0 amide bonds. The van der Waals surface area contributed by atoms with Crippen LogP contribution in [0, 0.1) is 40.4 Å². The molecule has 7 atom stereocenters. The first kappa shape index (κ1) is 16.9. The van der Waals surface area contributed by atoms with Gasteiger partial charge in [0.2, 0.25) is 0 Å². The van der Waals surface area contributed by atoms with Crippen LogP contribution in [0.2, 0.25) is 0 Å². The van der Waals surface area contributed by atoms with Crippen molar-refractivity contribution in [1.29, 1.82) is 0 Å². The van der Waals surface area contributed by atoms with Gasteiger partial charge in [0.05, 0.1) is 0 Å². The Morgan fingerprint density at radius 3 is 2.62 bits per heavy atom. The van der Waals surface area contributed by atoms with Crippen molar-refractivity contribution >= 4 is 5.78 Å². The van der Waals surface area contributed by atoms with Gasteiger partial charge in [0.25, 0.3) is 0 Å². The molecule has 0 aromatic carbocycles. The molecule has 0 bridgehead atoms. The van der Waals surface area contributed by atoms with Crippen LogP contribution in [0.15, 0.2) is 11.6 Å². The Hall–Kier alpha value is -0.590. The van der Waals surface area contributed by atoms with Crippen LogP contribution in [0.1, 0.15) is 85.5 Å². The predicted octanol–water partition coefficient (Wildman–Crippen LogP) is 6.18. The Balaban J connectivity index is 1.63. The molecule has 0 spiro atoms. The lowest BCUT2D eigenvalue weighted by molar-refractivity contribution is -0.117. The molecule has 1 nitrogen and oxygen atoms in total. The first-order chi connectivity index (χ1) is 11.4. The highest BCUT2D eigenvalue weighted by atomic mass is 16.1. The summed E-state index contributed by atoms with van der Waals surface area (Å²) in [5.74, 6) is 4.95. The number of rotatable bonds is 2. The summed E-state index contributed by atoms with van der Waals surface area (Å²) in [6, 6.07) is 0. The Morgan fingerprint density at radius 1 is 1.08 bits per heavy atom. The van der Waals surface area contributed by atoms with Crippen molar-refractivity contribution in [3.8, 4) is 0 Å². The third kappa shape index (κ3) is 2.22. The van der Waals surface area contributed by atoms with Crippen molar-refractivity contribution in [2.45, 2.75) is 85.5 Å². The topological polar surface area (TPSA) is 17.1 Å². The Kier molecular flexibility index (Phi) is 4.01. The quantitative estimate of drug-likeness (QED) is 0.591. The zero-order valence-corrected chi connectivity index (χ0v) is 16.2. The minimum absolute atomic E-state index is 0.340. The molecule has 1 heteroatoms. The van der Waals surface area contributed by atoms with E-state index in [1.165, 1.54) is 50.5 Å². The maximum Gasteiger partial charge on any atom is 0.155 e. The highest BCUT2D eigenvalue weighted by Gasteiger charge is 2.59. The molecule has 24 heavy (non-hydrogen) atoms. The van der Waals surface area contributed by atoms with Crippen LogP contribution < -0.4 is 0 Å². The van der Waals surface area contributed by atoms with Crippen molar-refractivity contribution in [3.63, 3.8) is 0 Å². The molecule has 0 aliphatic heterocycles. The van der Waals surface area contributed by atoms with Gasteiger partial charge in [0.1, 0.15) is 0 Å². The second-order valence-corrected chi connectivity index (χ2v) is 10.1. The van der Waals surface area contributed by atoms with Gasteiger partial charge in [-0.2, -0.15) is 0 Å². The fourth-order valence-corrected chi connectivity index (χ4v) is 7.82. The summed E-state index contributed by atoms with van der Waals surface area (Å²) in [7, 11) is 0. The zero-order valence-electron chi connectivity index (χ0n) is 16.2. The van der Waals surface area contributed by atoms with Crippen LogP contribution in [0.25, 0.3) is 0 Å². The molecule has 134 valence electrons. The van der Waals surface area contributed by atoms with Crippen LogP contribution in [-0.2, 0) is 4.79 Å². The second kappa shape index (κ2) is 5.71. The summed E-state index contributed by atoms with van der Waals surface area (Å²) in [5.41, 5.74) is 2.45. The molecule has 3 fully saturated rings. The van der Waals surface area contributed by atoms with Crippen molar-refractivity contribution in [2.24, 2.45) is 40.4 Å². The largest absolute Gasteiger partial charge is 0.295 e. The highest BCUT2D eigenvalue weighted by molar-refractivity contribution is 5.91. The minimum Gasteiger partial charge on any atom is -0.295 e. The fraction of sp³-hybridized carbons (Fsp3) is 0.870. The lowest BCUT2D eigenvalue weighted by Crippen LogP contribution is -2.50. The first-order valence-corrected chi connectivity index (χ1v) is 10.6. The smallest absolute Gasteiger partial charge is 0.155 e. The maximum atomic E-state index is 11.9. The number of hydrogen-bond donors (Lipinski definition) is 0. The van der Waals surface area contributed by atoms with E-state index in [9.17, 15) is 4.79 Å². The van der Waals surface area contributed by atoms with Crippen molar-refractivity contribution < 1.29 is 4.79 Å². The number of hydrogen-bond acceptors (Lipinski definition) is 1. The van der Waals surface area contributed by atoms with Crippen molar-refractivity contribution in [2.75, 3.05) is 0 Å². The number of fused-ring (bicyclic) bond motifs is 5. The highest BCUT2D eigenvalue weighted by Crippen LogP contribution is 2.67. The van der Waals surface area contributed by atoms with Crippen molar-refractivity contribution in [1.82, 2.24) is 0 Å². The van der Waals surface area contributed by atoms with E-state index in [1.54, 1.807) is 0 Å². The van der Waals surface area contributed by atoms with E-state index in [0.717, 1.165) is 42.4 Å². The van der Waals surface area contributed by atoms with Crippen LogP contribution in [0.4, 0.5) is 0 Å².